The van der Waals surface area contributed by atoms with Crippen LogP contribution in [-0.4, -0.2) is 27.0 Å². The Morgan fingerprint density at radius 2 is 2.00 bits per heavy atom. The number of urea groups is 1. The predicted octanol–water partition coefficient (Wildman–Crippen LogP) is 3.49. The average Bonchev–Trinajstić information content (AvgIpc) is 2.75. The number of rotatable bonds is 4. The Bertz CT molecular complexity index is 1280. The summed E-state index contributed by atoms with van der Waals surface area (Å²) in [7, 11) is 0. The molecule has 32 heavy (non-hydrogen) atoms. The van der Waals surface area contributed by atoms with E-state index in [2.05, 4.69) is 4.98 Å². The van der Waals surface area contributed by atoms with E-state index in [-0.39, 0.29) is 23.1 Å². The molecule has 1 aliphatic rings. The molecule has 0 atom stereocenters. The van der Waals surface area contributed by atoms with Gasteiger partial charge in [-0.05, 0) is 48.7 Å². The summed E-state index contributed by atoms with van der Waals surface area (Å²) in [5, 5.41) is -0.254. The SMILES string of the molecule is Cc1nc(OCc2ccc(F)cc2F)c(Cl)c(=O)n1-c1ccc2c(c1)CCN(C(N)=O)C2. The van der Waals surface area contributed by atoms with Crippen LogP contribution >= 0.6 is 11.6 Å². The Labute approximate surface area is 187 Å². The number of ether oxygens (including phenoxy) is 1. The van der Waals surface area contributed by atoms with Crippen LogP contribution in [0, 0.1) is 18.6 Å². The molecule has 0 unspecified atom stereocenters. The monoisotopic (exact) mass is 460 g/mol. The molecule has 2 N–H and O–H groups in total. The summed E-state index contributed by atoms with van der Waals surface area (Å²) >= 11 is 6.22. The maximum Gasteiger partial charge on any atom is 0.315 e. The molecular formula is C22H19ClF2N4O3. The number of nitrogens with zero attached hydrogens (tertiary/aromatic N) is 3. The maximum atomic E-state index is 13.8. The summed E-state index contributed by atoms with van der Waals surface area (Å²) in [5.74, 6) is -1.28. The highest BCUT2D eigenvalue weighted by Crippen LogP contribution is 2.25. The van der Waals surface area contributed by atoms with Crippen molar-refractivity contribution in [2.75, 3.05) is 6.54 Å². The van der Waals surface area contributed by atoms with Crippen LogP contribution in [0.4, 0.5) is 13.6 Å². The van der Waals surface area contributed by atoms with Gasteiger partial charge in [0.15, 0.2) is 5.02 Å². The Morgan fingerprint density at radius 3 is 2.72 bits per heavy atom. The third-order valence-electron chi connectivity index (χ3n) is 5.32. The van der Waals surface area contributed by atoms with Crippen LogP contribution in [0.5, 0.6) is 5.88 Å². The number of hydrogen-bond acceptors (Lipinski definition) is 4. The highest BCUT2D eigenvalue weighted by molar-refractivity contribution is 6.31. The van der Waals surface area contributed by atoms with Crippen molar-refractivity contribution in [3.63, 3.8) is 0 Å². The highest BCUT2D eigenvalue weighted by Gasteiger charge is 2.21. The van der Waals surface area contributed by atoms with E-state index in [0.29, 0.717) is 31.0 Å². The Kier molecular flexibility index (Phi) is 5.84. The molecule has 3 aromatic rings. The molecule has 7 nitrogen and oxygen atoms in total. The van der Waals surface area contributed by atoms with Gasteiger partial charge >= 0.3 is 6.03 Å². The molecular weight excluding hydrogens is 442 g/mol. The molecule has 0 bridgehead atoms. The number of aryl methyl sites for hydroxylation is 1. The summed E-state index contributed by atoms with van der Waals surface area (Å²) in [4.78, 5) is 30.2. The molecule has 0 saturated carbocycles. The number of halogens is 3. The van der Waals surface area contributed by atoms with Crippen LogP contribution in [0.3, 0.4) is 0 Å². The van der Waals surface area contributed by atoms with Crippen molar-refractivity contribution in [2.45, 2.75) is 26.5 Å². The van der Waals surface area contributed by atoms with Crippen molar-refractivity contribution in [1.82, 2.24) is 14.5 Å². The summed E-state index contributed by atoms with van der Waals surface area (Å²) in [6.45, 7) is 2.25. The average molecular weight is 461 g/mol. The second-order valence-corrected chi connectivity index (χ2v) is 7.78. The van der Waals surface area contributed by atoms with Gasteiger partial charge in [0, 0.05) is 24.7 Å². The van der Waals surface area contributed by atoms with Gasteiger partial charge in [-0.25, -0.2) is 13.6 Å². The van der Waals surface area contributed by atoms with Crippen LogP contribution in [0.2, 0.25) is 5.02 Å². The molecule has 0 aliphatic carbocycles. The lowest BCUT2D eigenvalue weighted by Gasteiger charge is -2.27. The predicted molar refractivity (Wildman–Crippen MR) is 114 cm³/mol. The van der Waals surface area contributed by atoms with Crippen molar-refractivity contribution in [3.8, 4) is 11.6 Å². The van der Waals surface area contributed by atoms with E-state index in [1.54, 1.807) is 17.9 Å². The minimum absolute atomic E-state index is 0.103. The zero-order valence-electron chi connectivity index (χ0n) is 17.1. The van der Waals surface area contributed by atoms with E-state index in [1.807, 2.05) is 12.1 Å². The molecule has 4 rings (SSSR count). The third-order valence-corrected chi connectivity index (χ3v) is 5.64. The zero-order chi connectivity index (χ0) is 23.0. The molecule has 0 fully saturated rings. The first kappa shape index (κ1) is 21.8. The molecule has 0 spiro atoms. The minimum atomic E-state index is -0.768. The number of benzene rings is 2. The lowest BCUT2D eigenvalue weighted by molar-refractivity contribution is 0.202. The second-order valence-electron chi connectivity index (χ2n) is 7.41. The number of primary amides is 1. The van der Waals surface area contributed by atoms with Gasteiger partial charge in [-0.3, -0.25) is 9.36 Å². The number of carbonyl (C=O) groups excluding carboxylic acids is 1. The minimum Gasteiger partial charge on any atom is -0.471 e. The standard InChI is InChI=1S/C22H19ClF2N4O3/c1-12-27-20(32-11-15-2-4-16(24)9-18(15)25)19(23)21(30)29(12)17-5-3-14-10-28(22(26)31)7-6-13(14)8-17/h2-5,8-9H,6-7,10-11H2,1H3,(H2,26,31). The van der Waals surface area contributed by atoms with Gasteiger partial charge < -0.3 is 15.4 Å². The van der Waals surface area contributed by atoms with Gasteiger partial charge in [0.2, 0.25) is 5.88 Å². The lowest BCUT2D eigenvalue weighted by Crippen LogP contribution is -2.39. The molecule has 1 aliphatic heterocycles. The third kappa shape index (κ3) is 4.16. The molecule has 2 aromatic carbocycles. The van der Waals surface area contributed by atoms with Crippen molar-refractivity contribution in [3.05, 3.63) is 85.9 Å². The van der Waals surface area contributed by atoms with E-state index in [4.69, 9.17) is 22.1 Å². The maximum absolute atomic E-state index is 13.8. The Hall–Kier alpha value is -3.46. The molecule has 166 valence electrons. The Morgan fingerprint density at radius 1 is 1.22 bits per heavy atom. The van der Waals surface area contributed by atoms with Crippen molar-refractivity contribution < 1.29 is 18.3 Å². The molecule has 0 radical (unpaired) electrons. The van der Waals surface area contributed by atoms with Gasteiger partial charge in [0.05, 0.1) is 5.69 Å². The van der Waals surface area contributed by atoms with Gasteiger partial charge in [-0.2, -0.15) is 4.98 Å². The van der Waals surface area contributed by atoms with Crippen LogP contribution in [0.1, 0.15) is 22.5 Å². The molecule has 1 aromatic heterocycles. The quantitative estimate of drug-likeness (QED) is 0.645. The fraction of sp³-hybridized carbons (Fsp3) is 0.227. The van der Waals surface area contributed by atoms with Gasteiger partial charge in [-0.15, -0.1) is 0 Å². The summed E-state index contributed by atoms with van der Waals surface area (Å²) in [5.41, 5.74) is 7.44. The molecule has 2 amide bonds. The molecule has 2 heterocycles. The summed E-state index contributed by atoms with van der Waals surface area (Å²) in [6, 6.07) is 8.06. The first-order valence-corrected chi connectivity index (χ1v) is 10.1. The molecule has 10 heteroatoms. The smallest absolute Gasteiger partial charge is 0.315 e. The van der Waals surface area contributed by atoms with Crippen LogP contribution in [-0.2, 0) is 19.6 Å². The number of hydrogen-bond donors (Lipinski definition) is 1. The zero-order valence-corrected chi connectivity index (χ0v) is 17.8. The van der Waals surface area contributed by atoms with Crippen molar-refractivity contribution in [1.29, 1.82) is 0 Å². The molecule has 0 saturated heterocycles. The Balaban J connectivity index is 1.62. The number of aromatic nitrogens is 2. The summed E-state index contributed by atoms with van der Waals surface area (Å²) in [6.07, 6.45) is 0.603. The fourth-order valence-corrected chi connectivity index (χ4v) is 3.82. The van der Waals surface area contributed by atoms with Crippen molar-refractivity contribution in [2.24, 2.45) is 5.73 Å². The van der Waals surface area contributed by atoms with E-state index >= 15 is 0 Å². The lowest BCUT2D eigenvalue weighted by atomic mass is 9.99. The largest absolute Gasteiger partial charge is 0.471 e. The number of carbonyl (C=O) groups is 1. The van der Waals surface area contributed by atoms with Crippen LogP contribution in [0.25, 0.3) is 5.69 Å². The summed E-state index contributed by atoms with van der Waals surface area (Å²) < 4.78 is 33.7. The van der Waals surface area contributed by atoms with E-state index in [0.717, 1.165) is 23.3 Å². The normalized spacial score (nSPS) is 13.1. The van der Waals surface area contributed by atoms with Crippen LogP contribution < -0.4 is 16.0 Å². The van der Waals surface area contributed by atoms with Crippen molar-refractivity contribution >= 4 is 17.6 Å². The van der Waals surface area contributed by atoms with E-state index in [1.165, 1.54) is 10.6 Å². The second kappa shape index (κ2) is 8.58. The number of amides is 2. The van der Waals surface area contributed by atoms with Crippen LogP contribution in [0.15, 0.2) is 41.2 Å². The number of nitrogens with two attached hydrogens (primary N) is 1. The fourth-order valence-electron chi connectivity index (χ4n) is 3.63. The van der Waals surface area contributed by atoms with E-state index in [9.17, 15) is 18.4 Å². The van der Waals surface area contributed by atoms with Gasteiger partial charge in [-0.1, -0.05) is 17.7 Å². The first-order valence-electron chi connectivity index (χ1n) is 9.77. The van der Waals surface area contributed by atoms with Gasteiger partial charge in [0.25, 0.3) is 5.56 Å². The number of fused-ring (bicyclic) bond motifs is 1. The van der Waals surface area contributed by atoms with E-state index < -0.39 is 23.2 Å². The first-order chi connectivity index (χ1) is 15.2. The highest BCUT2D eigenvalue weighted by atomic mass is 35.5. The van der Waals surface area contributed by atoms with Gasteiger partial charge in [0.1, 0.15) is 24.1 Å². The topological polar surface area (TPSA) is 90.4 Å².